The maximum absolute atomic E-state index is 8.03. The Hall–Kier alpha value is -2.45. The van der Waals surface area contributed by atoms with Gasteiger partial charge in [-0.2, -0.15) is 5.10 Å². The van der Waals surface area contributed by atoms with Gasteiger partial charge in [-0.3, -0.25) is 9.58 Å². The molecule has 3 aliphatic carbocycles. The molecule has 4 fully saturated rings. The van der Waals surface area contributed by atoms with Crippen molar-refractivity contribution in [1.29, 1.82) is 5.41 Å². The van der Waals surface area contributed by atoms with E-state index in [1.807, 2.05) is 14.0 Å². The van der Waals surface area contributed by atoms with Gasteiger partial charge in [0.05, 0.1) is 29.7 Å². The fraction of sp³-hybridized carbons (Fsp3) is 0.690. The summed E-state index contributed by atoms with van der Waals surface area (Å²) < 4.78 is 8.24. The van der Waals surface area contributed by atoms with E-state index in [9.17, 15) is 0 Å². The highest BCUT2D eigenvalue weighted by molar-refractivity contribution is 5.92. The zero-order chi connectivity index (χ0) is 25.8. The summed E-state index contributed by atoms with van der Waals surface area (Å²) in [5, 5.41) is 16.3. The lowest BCUT2D eigenvalue weighted by atomic mass is 9.56. The zero-order valence-corrected chi connectivity index (χ0v) is 23.1. The Balaban J connectivity index is 1.19. The molecule has 2 aliphatic heterocycles. The summed E-state index contributed by atoms with van der Waals surface area (Å²) in [5.41, 5.74) is 7.72. The van der Waals surface area contributed by atoms with Gasteiger partial charge in [-0.05, 0) is 70.8 Å². The number of morpholine rings is 1. The second-order valence-electron chi connectivity index (χ2n) is 12.1. The smallest absolute Gasteiger partial charge is 0.136 e. The number of hydrogen-bond acceptors (Lipinski definition) is 7. The summed E-state index contributed by atoms with van der Waals surface area (Å²) in [6.45, 7) is 12.4. The summed E-state index contributed by atoms with van der Waals surface area (Å²) in [7, 11) is 1.88. The first kappa shape index (κ1) is 24.9. The Labute approximate surface area is 221 Å². The van der Waals surface area contributed by atoms with Crippen LogP contribution in [0.3, 0.4) is 0 Å². The second kappa shape index (κ2) is 9.38. The van der Waals surface area contributed by atoms with Gasteiger partial charge < -0.3 is 20.4 Å². The van der Waals surface area contributed by atoms with Crippen molar-refractivity contribution >= 4 is 17.7 Å². The van der Waals surface area contributed by atoms with Crippen molar-refractivity contribution in [3.63, 3.8) is 0 Å². The van der Waals surface area contributed by atoms with E-state index < -0.39 is 0 Å². The molecular formula is C29H43N7O. The summed E-state index contributed by atoms with van der Waals surface area (Å²) in [6.07, 6.45) is 10.8. The molecule has 5 aliphatic rings. The molecule has 7 rings (SSSR count). The first-order valence-electron chi connectivity index (χ1n) is 14.2. The summed E-state index contributed by atoms with van der Waals surface area (Å²) in [6, 6.07) is 2.12. The normalized spacial score (nSPS) is 29.8. The van der Waals surface area contributed by atoms with Crippen LogP contribution in [-0.2, 0) is 24.2 Å². The molecule has 0 unspecified atom stereocenters. The van der Waals surface area contributed by atoms with Gasteiger partial charge in [0, 0.05) is 74.9 Å². The van der Waals surface area contributed by atoms with Crippen molar-refractivity contribution in [2.45, 2.75) is 90.4 Å². The standard InChI is InChI=1S/C29H43N7O/c1-20-15-26(23(16-30)27(31-4)32-20)34-12-5-25-24(18-34)22(3)33-36(25)19-28-6-9-29(10-7-28,11-8-28)35-13-14-37-21(2)17-35/h15-16,21,30H,5-14,17-19H2,1-4H3,(H,31,32)/t21-,28?,29?/m1/s1. The van der Waals surface area contributed by atoms with E-state index >= 15 is 0 Å². The van der Waals surface area contributed by atoms with Crippen LogP contribution in [0.5, 0.6) is 0 Å². The van der Waals surface area contributed by atoms with Crippen molar-refractivity contribution in [2.75, 3.05) is 43.5 Å². The van der Waals surface area contributed by atoms with E-state index in [0.29, 0.717) is 17.1 Å². The topological polar surface area (TPSA) is 82.3 Å². The molecule has 3 saturated carbocycles. The lowest BCUT2D eigenvalue weighted by Crippen LogP contribution is -2.61. The minimum absolute atomic E-state index is 0.367. The molecule has 4 heterocycles. The third-order valence-electron chi connectivity index (χ3n) is 9.98. The van der Waals surface area contributed by atoms with Gasteiger partial charge in [0.25, 0.3) is 0 Å². The lowest BCUT2D eigenvalue weighted by molar-refractivity contribution is -0.115. The predicted octanol–water partition coefficient (Wildman–Crippen LogP) is 4.31. The largest absolute Gasteiger partial charge is 0.376 e. The molecule has 37 heavy (non-hydrogen) atoms. The molecule has 0 spiro atoms. The predicted molar refractivity (Wildman–Crippen MR) is 148 cm³/mol. The Kier molecular flexibility index (Phi) is 6.30. The van der Waals surface area contributed by atoms with Crippen molar-refractivity contribution in [3.8, 4) is 0 Å². The molecule has 8 nitrogen and oxygen atoms in total. The van der Waals surface area contributed by atoms with Crippen LogP contribution in [0.1, 0.15) is 73.7 Å². The fourth-order valence-corrected chi connectivity index (χ4v) is 7.78. The average molecular weight is 506 g/mol. The highest BCUT2D eigenvalue weighted by atomic mass is 16.5. The van der Waals surface area contributed by atoms with Crippen LogP contribution in [-0.4, -0.2) is 70.8 Å². The Morgan fingerprint density at radius 3 is 2.59 bits per heavy atom. The van der Waals surface area contributed by atoms with E-state index in [1.54, 1.807) is 0 Å². The van der Waals surface area contributed by atoms with Gasteiger partial charge in [0.2, 0.25) is 0 Å². The number of aromatic nitrogens is 3. The number of pyridine rings is 1. The van der Waals surface area contributed by atoms with Crippen LogP contribution >= 0.6 is 0 Å². The Morgan fingerprint density at radius 1 is 1.16 bits per heavy atom. The molecule has 2 N–H and O–H groups in total. The molecule has 2 aromatic rings. The van der Waals surface area contributed by atoms with Crippen LogP contribution in [0.2, 0.25) is 0 Å². The third-order valence-corrected chi connectivity index (χ3v) is 9.98. The first-order chi connectivity index (χ1) is 17.9. The molecule has 1 atom stereocenters. The van der Waals surface area contributed by atoms with Gasteiger partial charge in [-0.15, -0.1) is 0 Å². The van der Waals surface area contributed by atoms with Crippen LogP contribution in [0, 0.1) is 24.7 Å². The second-order valence-corrected chi connectivity index (χ2v) is 12.1. The fourth-order valence-electron chi connectivity index (χ4n) is 7.78. The molecule has 200 valence electrons. The summed E-state index contributed by atoms with van der Waals surface area (Å²) >= 11 is 0. The highest BCUT2D eigenvalue weighted by Gasteiger charge is 2.52. The van der Waals surface area contributed by atoms with E-state index in [0.717, 1.165) is 74.2 Å². The van der Waals surface area contributed by atoms with Crippen LogP contribution in [0.15, 0.2) is 6.07 Å². The first-order valence-corrected chi connectivity index (χ1v) is 14.2. The van der Waals surface area contributed by atoms with Crippen LogP contribution in [0.4, 0.5) is 11.5 Å². The summed E-state index contributed by atoms with van der Waals surface area (Å²) in [4.78, 5) is 9.78. The van der Waals surface area contributed by atoms with E-state index in [2.05, 4.69) is 44.7 Å². The quantitative estimate of drug-likeness (QED) is 0.570. The van der Waals surface area contributed by atoms with Crippen LogP contribution in [0.25, 0.3) is 0 Å². The average Bonchev–Trinajstić information content (AvgIpc) is 3.22. The van der Waals surface area contributed by atoms with Gasteiger partial charge in [0.1, 0.15) is 5.82 Å². The van der Waals surface area contributed by atoms with Gasteiger partial charge in [-0.1, -0.05) is 0 Å². The Morgan fingerprint density at radius 2 is 1.92 bits per heavy atom. The molecule has 0 aromatic carbocycles. The van der Waals surface area contributed by atoms with Gasteiger partial charge in [0.15, 0.2) is 0 Å². The van der Waals surface area contributed by atoms with Crippen molar-refractivity contribution in [3.05, 3.63) is 34.3 Å². The maximum atomic E-state index is 8.03. The number of nitrogens with zero attached hydrogens (tertiary/aromatic N) is 5. The minimum Gasteiger partial charge on any atom is -0.376 e. The highest BCUT2D eigenvalue weighted by Crippen LogP contribution is 2.55. The monoisotopic (exact) mass is 505 g/mol. The zero-order valence-electron chi connectivity index (χ0n) is 23.1. The molecule has 8 heteroatoms. The summed E-state index contributed by atoms with van der Waals surface area (Å²) in [5.74, 6) is 0.777. The third kappa shape index (κ3) is 4.26. The number of nitrogens with one attached hydrogen (secondary N) is 2. The number of rotatable bonds is 6. The lowest BCUT2D eigenvalue weighted by Gasteiger charge is -2.59. The minimum atomic E-state index is 0.367. The maximum Gasteiger partial charge on any atom is 0.136 e. The van der Waals surface area contributed by atoms with Gasteiger partial charge in [-0.25, -0.2) is 4.98 Å². The molecule has 0 amide bonds. The number of aryl methyl sites for hydroxylation is 2. The van der Waals surface area contributed by atoms with Crippen molar-refractivity contribution < 1.29 is 4.74 Å². The van der Waals surface area contributed by atoms with Crippen molar-refractivity contribution in [2.24, 2.45) is 5.41 Å². The van der Waals surface area contributed by atoms with Gasteiger partial charge >= 0.3 is 0 Å². The molecule has 2 aromatic heterocycles. The molecule has 0 radical (unpaired) electrons. The van der Waals surface area contributed by atoms with E-state index in [4.69, 9.17) is 15.2 Å². The number of ether oxygens (including phenoxy) is 1. The number of anilines is 2. The van der Waals surface area contributed by atoms with E-state index in [1.165, 1.54) is 56.0 Å². The van der Waals surface area contributed by atoms with Crippen LogP contribution < -0.4 is 10.2 Å². The number of hydrogen-bond donors (Lipinski definition) is 2. The molecular weight excluding hydrogens is 462 g/mol. The Bertz CT molecular complexity index is 1160. The van der Waals surface area contributed by atoms with Crippen molar-refractivity contribution in [1.82, 2.24) is 19.7 Å². The SMILES string of the molecule is CNc1nc(C)cc(N2CCc3c(c(C)nn3CC34CCC(N5CCO[C@H](C)C5)(CC3)CC4)C2)c1C=N. The van der Waals surface area contributed by atoms with E-state index in [-0.39, 0.29) is 0 Å². The molecule has 1 saturated heterocycles. The molecule has 2 bridgehead atoms. The number of fused-ring (bicyclic) bond motifs is 4.